The van der Waals surface area contributed by atoms with Gasteiger partial charge in [0.05, 0.1) is 33.8 Å². The van der Waals surface area contributed by atoms with E-state index >= 15 is 0 Å². The number of hydrogen-bond donors (Lipinski definition) is 2. The van der Waals surface area contributed by atoms with E-state index in [4.69, 9.17) is 13.8 Å². The zero-order valence-corrected chi connectivity index (χ0v) is 50.3. The Kier molecular flexibility index (Phi) is 52.8. The van der Waals surface area contributed by atoms with Crippen LogP contribution in [0.1, 0.15) is 316 Å². The number of phosphoric acid groups is 1. The topological polar surface area (TPSA) is 111 Å². The smallest absolute Gasteiger partial charge is 0.456 e. The van der Waals surface area contributed by atoms with Crippen LogP contribution in [0.2, 0.25) is 0 Å². The number of unbranched alkanes of at least 4 members (excludes halogenated alkanes) is 40. The summed E-state index contributed by atoms with van der Waals surface area (Å²) in [4.78, 5) is 37.7. The van der Waals surface area contributed by atoms with E-state index in [2.05, 4.69) is 38.2 Å². The zero-order valence-electron chi connectivity index (χ0n) is 49.4. The van der Waals surface area contributed by atoms with Gasteiger partial charge in [-0.25, -0.2) is 4.57 Å². The quantitative estimate of drug-likeness (QED) is 0.0205. The molecule has 73 heavy (non-hydrogen) atoms. The molecule has 0 aromatic heterocycles. The van der Waals surface area contributed by atoms with Crippen molar-refractivity contribution in [2.24, 2.45) is 0 Å². The molecule has 3 unspecified atom stereocenters. The minimum atomic E-state index is -4.44. The van der Waals surface area contributed by atoms with Crippen molar-refractivity contribution in [1.29, 1.82) is 0 Å². The average Bonchev–Trinajstić information content (AvgIpc) is 3.35. The van der Waals surface area contributed by atoms with Crippen LogP contribution in [0.3, 0.4) is 0 Å². The molecule has 9 nitrogen and oxygen atoms in total. The van der Waals surface area contributed by atoms with Crippen molar-refractivity contribution < 1.29 is 37.3 Å². The maximum absolute atomic E-state index is 13.5. The molecule has 3 atom stereocenters. The van der Waals surface area contributed by atoms with Crippen LogP contribution in [0, 0.1) is 0 Å². The third-order valence-electron chi connectivity index (χ3n) is 14.4. The Bertz CT molecular complexity index is 1300. The first-order valence-electron chi connectivity index (χ1n) is 31.7. The summed E-state index contributed by atoms with van der Waals surface area (Å²) in [5.41, 5.74) is 0. The van der Waals surface area contributed by atoms with E-state index < -0.39 is 20.0 Å². The van der Waals surface area contributed by atoms with E-state index in [0.29, 0.717) is 23.9 Å². The molecule has 0 spiro atoms. The Labute approximate surface area is 454 Å². The molecule has 0 saturated heterocycles. The fourth-order valence-corrected chi connectivity index (χ4v) is 10.2. The van der Waals surface area contributed by atoms with Gasteiger partial charge in [0.25, 0.3) is 0 Å². The van der Waals surface area contributed by atoms with Crippen LogP contribution in [0.5, 0.6) is 0 Å². The average molecular weight is 1050 g/mol. The summed E-state index contributed by atoms with van der Waals surface area (Å²) in [5.74, 6) is -0.490. The van der Waals surface area contributed by atoms with Crippen molar-refractivity contribution in [2.45, 2.75) is 328 Å². The molecule has 0 heterocycles. The number of nitrogens with one attached hydrogen (secondary N) is 1. The molecule has 1 amide bonds. The van der Waals surface area contributed by atoms with E-state index in [-0.39, 0.29) is 25.1 Å². The lowest BCUT2D eigenvalue weighted by molar-refractivity contribution is -0.870. The second-order valence-corrected chi connectivity index (χ2v) is 24.4. The maximum atomic E-state index is 13.5. The number of esters is 1. The molecule has 2 N–H and O–H groups in total. The standard InChI is InChI=1S/C63H123N2O7P/c1-7-10-13-16-19-22-25-28-30-31-32-33-35-38-41-44-47-50-53-56-63(67)72-61(54-51-48-45-42-39-36-27-24-21-18-15-12-9-3)60(59-71-73(68,69)70-58-57-65(4,5)6)64-62(66)55-52-49-46-43-40-37-34-29-26-23-20-17-14-11-8-2/h28,30,51,54,60-61H,7-27,29,31-50,52-53,55-59H2,1-6H3,(H-,64,66,68,69)/p+1/b30-28+,54-51+. The van der Waals surface area contributed by atoms with E-state index in [1.807, 2.05) is 33.3 Å². The summed E-state index contributed by atoms with van der Waals surface area (Å²) in [6, 6.07) is -0.843. The van der Waals surface area contributed by atoms with E-state index in [0.717, 1.165) is 57.8 Å². The number of phosphoric ester groups is 1. The monoisotopic (exact) mass is 1050 g/mol. The molecular weight excluding hydrogens is 928 g/mol. The third kappa shape index (κ3) is 55.1. The minimum absolute atomic E-state index is 0.0437. The number of amides is 1. The fraction of sp³-hybridized carbons (Fsp3) is 0.905. The number of likely N-dealkylation sites (N-methyl/N-ethyl adjacent to an activating group) is 1. The van der Waals surface area contributed by atoms with Gasteiger partial charge < -0.3 is 19.4 Å². The SMILES string of the molecule is CCCCCCCC/C=C/CCCCCCCCCCCC(=O)OC(/C=C/CCCCCCCCCCCCC)C(COP(=O)(O)OCC[N+](C)(C)C)NC(=O)CCCCCCCCCCCCCCCCC. The number of nitrogens with zero attached hydrogens (tertiary/aromatic N) is 1. The van der Waals surface area contributed by atoms with Gasteiger partial charge in [-0.05, 0) is 57.4 Å². The van der Waals surface area contributed by atoms with Crippen molar-refractivity contribution >= 4 is 19.7 Å². The van der Waals surface area contributed by atoms with E-state index in [9.17, 15) is 19.0 Å². The van der Waals surface area contributed by atoms with Gasteiger partial charge in [0.15, 0.2) is 0 Å². The van der Waals surface area contributed by atoms with Gasteiger partial charge in [-0.1, -0.05) is 270 Å². The van der Waals surface area contributed by atoms with Crippen LogP contribution in [0.25, 0.3) is 0 Å². The number of carbonyl (C=O) groups is 2. The van der Waals surface area contributed by atoms with Crippen molar-refractivity contribution in [1.82, 2.24) is 5.32 Å². The number of hydrogen-bond acceptors (Lipinski definition) is 6. The van der Waals surface area contributed by atoms with Crippen molar-refractivity contribution in [2.75, 3.05) is 40.9 Å². The molecule has 0 saturated carbocycles. The fourth-order valence-electron chi connectivity index (χ4n) is 9.47. The Morgan fingerprint density at radius 1 is 0.466 bits per heavy atom. The number of carbonyl (C=O) groups excluding carboxylic acids is 2. The van der Waals surface area contributed by atoms with E-state index in [1.54, 1.807) is 0 Å². The molecule has 0 aliphatic heterocycles. The van der Waals surface area contributed by atoms with Crippen LogP contribution in [0.4, 0.5) is 0 Å². The van der Waals surface area contributed by atoms with Gasteiger partial charge in [-0.15, -0.1) is 0 Å². The summed E-state index contributed by atoms with van der Waals surface area (Å²) in [6.45, 7) is 7.05. The highest BCUT2D eigenvalue weighted by Gasteiger charge is 2.30. The van der Waals surface area contributed by atoms with E-state index in [1.165, 1.54) is 225 Å². The normalized spacial score (nSPS) is 13.8. The molecule has 0 aromatic rings. The van der Waals surface area contributed by atoms with Crippen LogP contribution in [-0.2, 0) is 27.9 Å². The zero-order chi connectivity index (χ0) is 53.6. The highest BCUT2D eigenvalue weighted by Crippen LogP contribution is 2.43. The summed E-state index contributed by atoms with van der Waals surface area (Å²) >= 11 is 0. The molecule has 0 bridgehead atoms. The van der Waals surface area contributed by atoms with Gasteiger partial charge >= 0.3 is 13.8 Å². The molecule has 0 aromatic carbocycles. The molecule has 0 aliphatic rings. The van der Waals surface area contributed by atoms with Gasteiger partial charge in [-0.3, -0.25) is 18.6 Å². The van der Waals surface area contributed by atoms with Gasteiger partial charge in [0, 0.05) is 12.8 Å². The Morgan fingerprint density at radius 2 is 0.795 bits per heavy atom. The highest BCUT2D eigenvalue weighted by atomic mass is 31.2. The molecule has 0 fully saturated rings. The Balaban J connectivity index is 5.24. The summed E-state index contributed by atoms with van der Waals surface area (Å²) in [6.07, 6.45) is 63.1. The molecule has 432 valence electrons. The summed E-state index contributed by atoms with van der Waals surface area (Å²) in [7, 11) is 1.51. The summed E-state index contributed by atoms with van der Waals surface area (Å²) < 4.78 is 30.7. The van der Waals surface area contributed by atoms with Crippen molar-refractivity contribution in [3.63, 3.8) is 0 Å². The molecule has 0 rings (SSSR count). The second kappa shape index (κ2) is 53.9. The Morgan fingerprint density at radius 3 is 1.16 bits per heavy atom. The van der Waals surface area contributed by atoms with Crippen LogP contribution >= 0.6 is 7.82 Å². The molecule has 10 heteroatoms. The first kappa shape index (κ1) is 71.5. The summed E-state index contributed by atoms with van der Waals surface area (Å²) in [5, 5.41) is 3.06. The van der Waals surface area contributed by atoms with Crippen molar-refractivity contribution in [3.8, 4) is 0 Å². The van der Waals surface area contributed by atoms with Crippen molar-refractivity contribution in [3.05, 3.63) is 24.3 Å². The van der Waals surface area contributed by atoms with Crippen LogP contribution in [0.15, 0.2) is 24.3 Å². The lowest BCUT2D eigenvalue weighted by Gasteiger charge is -2.27. The second-order valence-electron chi connectivity index (χ2n) is 22.9. The van der Waals surface area contributed by atoms with Gasteiger partial charge in [0.1, 0.15) is 19.3 Å². The maximum Gasteiger partial charge on any atom is 0.472 e. The third-order valence-corrected chi connectivity index (χ3v) is 15.4. The predicted molar refractivity (Wildman–Crippen MR) is 314 cm³/mol. The number of ether oxygens (including phenoxy) is 1. The number of quaternary nitrogens is 1. The largest absolute Gasteiger partial charge is 0.472 e. The molecule has 0 aliphatic carbocycles. The lowest BCUT2D eigenvalue weighted by atomic mass is 10.0. The first-order valence-corrected chi connectivity index (χ1v) is 33.2. The lowest BCUT2D eigenvalue weighted by Crippen LogP contribution is -2.47. The molecule has 0 radical (unpaired) electrons. The van der Waals surface area contributed by atoms with Gasteiger partial charge in [0.2, 0.25) is 5.91 Å². The molecular formula is C63H124N2O7P+. The Hall–Kier alpha value is -1.51. The van der Waals surface area contributed by atoms with Crippen LogP contribution < -0.4 is 5.32 Å². The van der Waals surface area contributed by atoms with Crippen LogP contribution in [-0.4, -0.2) is 74.3 Å². The number of allylic oxidation sites excluding steroid dienone is 3. The number of rotatable bonds is 58. The highest BCUT2D eigenvalue weighted by molar-refractivity contribution is 7.47. The predicted octanol–water partition coefficient (Wildman–Crippen LogP) is 19.3. The first-order chi connectivity index (χ1) is 35.4. The minimum Gasteiger partial charge on any atom is -0.456 e. The van der Waals surface area contributed by atoms with Gasteiger partial charge in [-0.2, -0.15) is 0 Å².